The van der Waals surface area contributed by atoms with Crippen LogP contribution in [0, 0.1) is 18.6 Å². The van der Waals surface area contributed by atoms with Crippen LogP contribution in [0.4, 0.5) is 14.5 Å². The Labute approximate surface area is 202 Å². The van der Waals surface area contributed by atoms with Crippen LogP contribution in [0.3, 0.4) is 0 Å². The van der Waals surface area contributed by atoms with Gasteiger partial charge in [-0.1, -0.05) is 44.2 Å². The number of anilines is 1. The molecular weight excluding hydrogens is 452 g/mol. The van der Waals surface area contributed by atoms with Gasteiger partial charge in [0, 0.05) is 11.6 Å². The zero-order valence-corrected chi connectivity index (χ0v) is 19.8. The second-order valence-electron chi connectivity index (χ2n) is 8.74. The molecule has 1 aliphatic rings. The summed E-state index contributed by atoms with van der Waals surface area (Å²) in [6, 6.07) is 13.7. The van der Waals surface area contributed by atoms with E-state index in [4.69, 9.17) is 4.74 Å². The maximum atomic E-state index is 14.8. The summed E-state index contributed by atoms with van der Waals surface area (Å²) in [6.45, 7) is 5.70. The van der Waals surface area contributed by atoms with E-state index >= 15 is 0 Å². The van der Waals surface area contributed by atoms with Gasteiger partial charge < -0.3 is 9.84 Å². The maximum Gasteiger partial charge on any atom is 0.300 e. The van der Waals surface area contributed by atoms with E-state index in [2.05, 4.69) is 0 Å². The van der Waals surface area contributed by atoms with Crippen molar-refractivity contribution < 1.29 is 28.2 Å². The van der Waals surface area contributed by atoms with Crippen LogP contribution in [0.25, 0.3) is 5.76 Å². The van der Waals surface area contributed by atoms with Crippen molar-refractivity contribution in [2.45, 2.75) is 32.7 Å². The number of hydrogen-bond acceptors (Lipinski definition) is 4. The molecule has 7 heteroatoms. The van der Waals surface area contributed by atoms with Crippen LogP contribution in [-0.4, -0.2) is 23.9 Å². The van der Waals surface area contributed by atoms with Gasteiger partial charge in [0.1, 0.15) is 23.1 Å². The first kappa shape index (κ1) is 24.1. The summed E-state index contributed by atoms with van der Waals surface area (Å²) >= 11 is 0. The van der Waals surface area contributed by atoms with Crippen LogP contribution in [0.5, 0.6) is 5.75 Å². The molecule has 1 amide bonds. The molecule has 3 aromatic carbocycles. The number of nitrogens with zero attached hydrogens (tertiary/aromatic N) is 1. The van der Waals surface area contributed by atoms with Gasteiger partial charge in [0.2, 0.25) is 0 Å². The minimum Gasteiger partial charge on any atom is -0.507 e. The average Bonchev–Trinajstić information content (AvgIpc) is 3.09. The van der Waals surface area contributed by atoms with E-state index in [1.165, 1.54) is 0 Å². The minimum absolute atomic E-state index is 0.0535. The maximum absolute atomic E-state index is 14.8. The van der Waals surface area contributed by atoms with E-state index in [9.17, 15) is 23.5 Å². The van der Waals surface area contributed by atoms with Gasteiger partial charge in [0.15, 0.2) is 0 Å². The molecule has 0 spiro atoms. The first-order valence-corrected chi connectivity index (χ1v) is 11.2. The molecule has 35 heavy (non-hydrogen) atoms. The number of aryl methyl sites for hydroxylation is 1. The summed E-state index contributed by atoms with van der Waals surface area (Å²) in [5, 5.41) is 11.5. The lowest BCUT2D eigenvalue weighted by atomic mass is 9.91. The number of aliphatic hydroxyl groups is 1. The quantitative estimate of drug-likeness (QED) is 0.277. The third-order valence-electron chi connectivity index (χ3n) is 6.18. The lowest BCUT2D eigenvalue weighted by molar-refractivity contribution is -0.132. The number of methoxy groups -OCH3 is 1. The van der Waals surface area contributed by atoms with E-state index in [0.29, 0.717) is 28.5 Å². The number of rotatable bonds is 5. The van der Waals surface area contributed by atoms with Crippen LogP contribution >= 0.6 is 0 Å². The first-order valence-electron chi connectivity index (χ1n) is 11.2. The smallest absolute Gasteiger partial charge is 0.300 e. The zero-order chi connectivity index (χ0) is 25.4. The molecule has 1 aliphatic heterocycles. The van der Waals surface area contributed by atoms with E-state index in [1.807, 2.05) is 13.8 Å². The van der Waals surface area contributed by atoms with Crippen molar-refractivity contribution in [2.24, 2.45) is 0 Å². The van der Waals surface area contributed by atoms with Crippen molar-refractivity contribution >= 4 is 23.1 Å². The molecule has 1 atom stereocenters. The van der Waals surface area contributed by atoms with Crippen molar-refractivity contribution in [3.05, 3.63) is 100 Å². The van der Waals surface area contributed by atoms with Crippen molar-refractivity contribution in [1.82, 2.24) is 0 Å². The van der Waals surface area contributed by atoms with Crippen LogP contribution in [0.15, 0.2) is 66.2 Å². The Kier molecular flexibility index (Phi) is 6.43. The SMILES string of the molecule is COc1cc(C)c(/C(O)=C2\C(=O)C(=O)N(c3ccc(F)cc3F)C2c2ccccc2)cc1C(C)C. The summed E-state index contributed by atoms with van der Waals surface area (Å²) in [4.78, 5) is 27.4. The normalized spacial score (nSPS) is 17.3. The summed E-state index contributed by atoms with van der Waals surface area (Å²) < 4.78 is 33.9. The number of Topliss-reactive ketones (excluding diaryl/α,β-unsaturated/α-hetero) is 1. The molecular formula is C28H25F2NO4. The van der Waals surface area contributed by atoms with Gasteiger partial charge in [-0.3, -0.25) is 14.5 Å². The molecule has 1 N–H and O–H groups in total. The molecule has 5 nitrogen and oxygen atoms in total. The number of aliphatic hydroxyl groups excluding tert-OH is 1. The van der Waals surface area contributed by atoms with Crippen LogP contribution < -0.4 is 9.64 Å². The molecule has 4 rings (SSSR count). The largest absolute Gasteiger partial charge is 0.507 e. The van der Waals surface area contributed by atoms with Gasteiger partial charge in [-0.25, -0.2) is 8.78 Å². The van der Waals surface area contributed by atoms with E-state index in [1.54, 1.807) is 56.5 Å². The number of amides is 1. The second-order valence-corrected chi connectivity index (χ2v) is 8.74. The minimum atomic E-state index is -1.11. The Hall–Kier alpha value is -4.00. The fourth-order valence-corrected chi connectivity index (χ4v) is 4.43. The highest BCUT2D eigenvalue weighted by molar-refractivity contribution is 6.51. The Morgan fingerprint density at radius 3 is 2.31 bits per heavy atom. The molecule has 1 heterocycles. The van der Waals surface area contributed by atoms with Gasteiger partial charge in [-0.05, 0) is 53.8 Å². The zero-order valence-electron chi connectivity index (χ0n) is 19.8. The van der Waals surface area contributed by atoms with Crippen LogP contribution in [0.1, 0.15) is 48.1 Å². The topological polar surface area (TPSA) is 66.8 Å². The lowest BCUT2D eigenvalue weighted by Crippen LogP contribution is -2.30. The van der Waals surface area contributed by atoms with E-state index in [0.717, 1.165) is 22.6 Å². The third-order valence-corrected chi connectivity index (χ3v) is 6.18. The number of ether oxygens (including phenoxy) is 1. The molecule has 1 fully saturated rings. The van der Waals surface area contributed by atoms with E-state index < -0.39 is 29.4 Å². The average molecular weight is 478 g/mol. The molecule has 0 bridgehead atoms. The fourth-order valence-electron chi connectivity index (χ4n) is 4.43. The van der Waals surface area contributed by atoms with Crippen LogP contribution in [0.2, 0.25) is 0 Å². The third kappa shape index (κ3) is 4.18. The molecule has 0 aliphatic carbocycles. The molecule has 180 valence electrons. The molecule has 0 aromatic heterocycles. The van der Waals surface area contributed by atoms with Crippen molar-refractivity contribution in [1.29, 1.82) is 0 Å². The molecule has 0 radical (unpaired) electrons. The van der Waals surface area contributed by atoms with Crippen LogP contribution in [-0.2, 0) is 9.59 Å². The second kappa shape index (κ2) is 9.33. The van der Waals surface area contributed by atoms with Gasteiger partial charge >= 0.3 is 0 Å². The van der Waals surface area contributed by atoms with Crippen molar-refractivity contribution in [2.75, 3.05) is 12.0 Å². The lowest BCUT2D eigenvalue weighted by Gasteiger charge is -2.26. The van der Waals surface area contributed by atoms with Gasteiger partial charge in [0.25, 0.3) is 11.7 Å². The number of ketones is 1. The van der Waals surface area contributed by atoms with Gasteiger partial charge in [0.05, 0.1) is 24.4 Å². The summed E-state index contributed by atoms with van der Waals surface area (Å²) in [7, 11) is 1.55. The highest BCUT2D eigenvalue weighted by atomic mass is 19.1. The van der Waals surface area contributed by atoms with Gasteiger partial charge in [-0.15, -0.1) is 0 Å². The number of carbonyl (C=O) groups is 2. The summed E-state index contributed by atoms with van der Waals surface area (Å²) in [6.07, 6.45) is 0. The molecule has 0 saturated carbocycles. The predicted octanol–water partition coefficient (Wildman–Crippen LogP) is 6.03. The fraction of sp³-hybridized carbons (Fsp3) is 0.214. The number of hydrogen-bond donors (Lipinski definition) is 1. The molecule has 1 unspecified atom stereocenters. The monoisotopic (exact) mass is 477 g/mol. The predicted molar refractivity (Wildman–Crippen MR) is 129 cm³/mol. The van der Waals surface area contributed by atoms with Gasteiger partial charge in [-0.2, -0.15) is 0 Å². The Morgan fingerprint density at radius 1 is 1.03 bits per heavy atom. The highest BCUT2D eigenvalue weighted by Crippen LogP contribution is 2.44. The summed E-state index contributed by atoms with van der Waals surface area (Å²) in [5.41, 5.74) is 1.88. The Bertz CT molecular complexity index is 1350. The first-order chi connectivity index (χ1) is 16.6. The Morgan fingerprint density at radius 2 is 1.71 bits per heavy atom. The molecule has 3 aromatic rings. The van der Waals surface area contributed by atoms with Crippen molar-refractivity contribution in [3.63, 3.8) is 0 Å². The Balaban J connectivity index is 1.99. The number of carbonyl (C=O) groups excluding carboxylic acids is 2. The highest BCUT2D eigenvalue weighted by Gasteiger charge is 2.47. The summed E-state index contributed by atoms with van der Waals surface area (Å²) in [5.74, 6) is -3.45. The van der Waals surface area contributed by atoms with E-state index in [-0.39, 0.29) is 22.9 Å². The molecule has 1 saturated heterocycles. The standard InChI is InChI=1S/C28H25F2NO4/c1-15(2)19-14-20(16(3)12-23(19)35-4)26(32)24-25(17-8-6-5-7-9-17)31(28(34)27(24)33)22-11-10-18(29)13-21(22)30/h5-15,25,32H,1-4H3/b26-24+. The van der Waals surface area contributed by atoms with Crippen molar-refractivity contribution in [3.8, 4) is 5.75 Å². The number of benzene rings is 3. The number of halogens is 2.